The second-order valence-electron chi connectivity index (χ2n) is 3.99. The van der Waals surface area contributed by atoms with E-state index in [0.717, 1.165) is 11.3 Å². The molecule has 16 heavy (non-hydrogen) atoms. The molecule has 4 heteroatoms. The van der Waals surface area contributed by atoms with E-state index in [0.29, 0.717) is 0 Å². The summed E-state index contributed by atoms with van der Waals surface area (Å²) < 4.78 is 30.7. The minimum atomic E-state index is -2.40. The van der Waals surface area contributed by atoms with E-state index in [9.17, 15) is 8.78 Å². The van der Waals surface area contributed by atoms with Crippen LogP contribution >= 0.6 is 0 Å². The molecular weight excluding hydrogens is 212 g/mol. The van der Waals surface area contributed by atoms with Gasteiger partial charge < -0.3 is 10.1 Å². The third kappa shape index (κ3) is 2.92. The van der Waals surface area contributed by atoms with Gasteiger partial charge >= 0.3 is 0 Å². The van der Waals surface area contributed by atoms with Crippen LogP contribution in [0.5, 0.6) is 5.75 Å². The maximum Gasteiger partial charge on any atom is 0.256 e. The lowest BCUT2D eigenvalue weighted by Gasteiger charge is -2.28. The van der Waals surface area contributed by atoms with E-state index in [1.807, 2.05) is 0 Å². The summed E-state index contributed by atoms with van der Waals surface area (Å²) in [6.07, 6.45) is -2.12. The largest absolute Gasteiger partial charge is 0.497 e. The number of ether oxygens (including phenoxy) is 1. The lowest BCUT2D eigenvalue weighted by atomic mass is 9.93. The van der Waals surface area contributed by atoms with Gasteiger partial charge in [-0.2, -0.15) is 0 Å². The van der Waals surface area contributed by atoms with E-state index >= 15 is 0 Å². The van der Waals surface area contributed by atoms with E-state index < -0.39 is 12.0 Å². The van der Waals surface area contributed by atoms with Gasteiger partial charge in [0.25, 0.3) is 6.43 Å². The first-order chi connectivity index (χ1) is 7.51. The molecule has 0 saturated heterocycles. The van der Waals surface area contributed by atoms with Gasteiger partial charge in [0.15, 0.2) is 0 Å². The monoisotopic (exact) mass is 229 g/mol. The smallest absolute Gasteiger partial charge is 0.256 e. The van der Waals surface area contributed by atoms with Crippen molar-refractivity contribution in [2.75, 3.05) is 14.2 Å². The first kappa shape index (κ1) is 12.9. The van der Waals surface area contributed by atoms with Crippen LogP contribution in [0.4, 0.5) is 8.78 Å². The Morgan fingerprint density at radius 3 is 2.25 bits per heavy atom. The van der Waals surface area contributed by atoms with Gasteiger partial charge in [0, 0.05) is 0 Å². The minimum absolute atomic E-state index is 0.283. The molecule has 1 unspecified atom stereocenters. The van der Waals surface area contributed by atoms with Crippen LogP contribution in [0.2, 0.25) is 0 Å². The quantitative estimate of drug-likeness (QED) is 0.837. The Hall–Kier alpha value is -1.16. The normalized spacial score (nSPS) is 14.9. The van der Waals surface area contributed by atoms with Crippen molar-refractivity contribution in [1.29, 1.82) is 0 Å². The van der Waals surface area contributed by atoms with Gasteiger partial charge in [0.1, 0.15) is 5.75 Å². The topological polar surface area (TPSA) is 21.3 Å². The number of benzene rings is 1. The zero-order valence-corrected chi connectivity index (χ0v) is 9.76. The lowest BCUT2D eigenvalue weighted by molar-refractivity contribution is 0.0451. The standard InChI is InChI=1S/C12H17F2NO/c1-12(15-2,11(13)14)8-9-4-6-10(16-3)7-5-9/h4-7,11,15H,8H2,1-3H3. The van der Waals surface area contributed by atoms with Crippen molar-refractivity contribution in [1.82, 2.24) is 5.32 Å². The zero-order valence-electron chi connectivity index (χ0n) is 9.76. The Bertz CT molecular complexity index is 326. The highest BCUT2D eigenvalue weighted by Crippen LogP contribution is 2.22. The zero-order chi connectivity index (χ0) is 12.2. The van der Waals surface area contributed by atoms with Gasteiger partial charge in [-0.3, -0.25) is 0 Å². The summed E-state index contributed by atoms with van der Waals surface area (Å²) in [6.45, 7) is 1.52. The molecule has 0 aliphatic carbocycles. The molecule has 0 aliphatic rings. The Morgan fingerprint density at radius 1 is 1.31 bits per heavy atom. The predicted molar refractivity (Wildman–Crippen MR) is 60.2 cm³/mol. The number of nitrogens with one attached hydrogen (secondary N) is 1. The third-order valence-corrected chi connectivity index (χ3v) is 2.78. The van der Waals surface area contributed by atoms with Crippen molar-refractivity contribution >= 4 is 0 Å². The van der Waals surface area contributed by atoms with Crippen LogP contribution in [0.1, 0.15) is 12.5 Å². The van der Waals surface area contributed by atoms with Gasteiger partial charge in [0.2, 0.25) is 0 Å². The minimum Gasteiger partial charge on any atom is -0.497 e. The molecule has 1 aromatic carbocycles. The van der Waals surface area contributed by atoms with Crippen molar-refractivity contribution in [3.63, 3.8) is 0 Å². The highest BCUT2D eigenvalue weighted by molar-refractivity contribution is 5.28. The molecule has 0 aliphatic heterocycles. The molecule has 0 aromatic heterocycles. The number of hydrogen-bond acceptors (Lipinski definition) is 2. The summed E-state index contributed by atoms with van der Waals surface area (Å²) in [5.74, 6) is 0.729. The van der Waals surface area contributed by atoms with Crippen LogP contribution in [0.15, 0.2) is 24.3 Å². The maximum atomic E-state index is 12.8. The molecular formula is C12H17F2NO. The number of rotatable bonds is 5. The molecule has 0 bridgehead atoms. The first-order valence-corrected chi connectivity index (χ1v) is 5.12. The predicted octanol–water partition coefficient (Wildman–Crippen LogP) is 2.48. The van der Waals surface area contributed by atoms with Crippen LogP contribution < -0.4 is 10.1 Å². The van der Waals surface area contributed by atoms with Crippen molar-refractivity contribution in [3.8, 4) is 5.75 Å². The van der Waals surface area contributed by atoms with Crippen LogP contribution in [-0.4, -0.2) is 26.1 Å². The maximum absolute atomic E-state index is 12.8. The summed E-state index contributed by atoms with van der Waals surface area (Å²) in [5.41, 5.74) is -0.327. The second-order valence-corrected chi connectivity index (χ2v) is 3.99. The van der Waals surface area contributed by atoms with E-state index in [1.54, 1.807) is 38.4 Å². The first-order valence-electron chi connectivity index (χ1n) is 5.12. The van der Waals surface area contributed by atoms with Gasteiger partial charge in [-0.1, -0.05) is 12.1 Å². The highest BCUT2D eigenvalue weighted by Gasteiger charge is 2.33. The number of methoxy groups -OCH3 is 1. The Morgan fingerprint density at radius 2 is 1.88 bits per heavy atom. The van der Waals surface area contributed by atoms with Crippen LogP contribution in [0.25, 0.3) is 0 Å². The van der Waals surface area contributed by atoms with E-state index in [-0.39, 0.29) is 6.42 Å². The Kier molecular flexibility index (Phi) is 4.24. The fourth-order valence-corrected chi connectivity index (χ4v) is 1.44. The lowest BCUT2D eigenvalue weighted by Crippen LogP contribution is -2.48. The van der Waals surface area contributed by atoms with Crippen molar-refractivity contribution in [3.05, 3.63) is 29.8 Å². The molecule has 0 saturated carbocycles. The number of hydrogen-bond donors (Lipinski definition) is 1. The molecule has 0 amide bonds. The highest BCUT2D eigenvalue weighted by atomic mass is 19.3. The summed E-state index contributed by atoms with van der Waals surface area (Å²) >= 11 is 0. The molecule has 1 atom stereocenters. The molecule has 0 radical (unpaired) electrons. The molecule has 1 aromatic rings. The second kappa shape index (κ2) is 5.25. The Balaban J connectivity index is 2.78. The molecule has 90 valence electrons. The molecule has 1 N–H and O–H groups in total. The van der Waals surface area contributed by atoms with Gasteiger partial charge in [0.05, 0.1) is 12.6 Å². The Labute approximate surface area is 94.6 Å². The summed E-state index contributed by atoms with van der Waals surface area (Å²) in [6, 6.07) is 7.15. The molecule has 0 heterocycles. The van der Waals surface area contributed by atoms with E-state index in [1.165, 1.54) is 6.92 Å². The van der Waals surface area contributed by atoms with Crippen LogP contribution in [0.3, 0.4) is 0 Å². The third-order valence-electron chi connectivity index (χ3n) is 2.78. The van der Waals surface area contributed by atoms with Gasteiger partial charge in [-0.15, -0.1) is 0 Å². The number of halogens is 2. The molecule has 2 nitrogen and oxygen atoms in total. The summed E-state index contributed by atoms with van der Waals surface area (Å²) in [7, 11) is 3.13. The van der Waals surface area contributed by atoms with Crippen LogP contribution in [0, 0.1) is 0 Å². The summed E-state index contributed by atoms with van der Waals surface area (Å²) in [5, 5.41) is 2.67. The van der Waals surface area contributed by atoms with E-state index in [2.05, 4.69) is 5.32 Å². The van der Waals surface area contributed by atoms with Crippen molar-refractivity contribution in [2.24, 2.45) is 0 Å². The number of likely N-dealkylation sites (N-methyl/N-ethyl adjacent to an activating group) is 1. The van der Waals surface area contributed by atoms with Crippen molar-refractivity contribution < 1.29 is 13.5 Å². The molecule has 0 spiro atoms. The van der Waals surface area contributed by atoms with Gasteiger partial charge in [-0.05, 0) is 38.1 Å². The fraction of sp³-hybridized carbons (Fsp3) is 0.500. The van der Waals surface area contributed by atoms with Crippen molar-refractivity contribution in [2.45, 2.75) is 25.3 Å². The number of alkyl halides is 2. The average molecular weight is 229 g/mol. The summed E-state index contributed by atoms with van der Waals surface area (Å²) in [4.78, 5) is 0. The van der Waals surface area contributed by atoms with Crippen LogP contribution in [-0.2, 0) is 6.42 Å². The molecule has 1 rings (SSSR count). The van der Waals surface area contributed by atoms with Gasteiger partial charge in [-0.25, -0.2) is 8.78 Å². The molecule has 0 fully saturated rings. The SMILES string of the molecule is CNC(C)(Cc1ccc(OC)cc1)C(F)F. The van der Waals surface area contributed by atoms with E-state index in [4.69, 9.17) is 4.74 Å². The fourth-order valence-electron chi connectivity index (χ4n) is 1.44. The average Bonchev–Trinajstić information content (AvgIpc) is 2.29.